The van der Waals surface area contributed by atoms with Crippen molar-refractivity contribution in [2.45, 2.75) is 4.90 Å². The molecule has 0 saturated carbocycles. The molecule has 2 rings (SSSR count). The third-order valence-electron chi connectivity index (χ3n) is 2.46. The van der Waals surface area contributed by atoms with E-state index in [2.05, 4.69) is 49.8 Å². The van der Waals surface area contributed by atoms with Gasteiger partial charge in [0.25, 0.3) is 5.91 Å². The molecule has 0 heterocycles. The predicted molar refractivity (Wildman–Crippen MR) is 83.4 cm³/mol. The molecular formula is C13H7Br2F2NOS. The molecule has 0 atom stereocenters. The van der Waals surface area contributed by atoms with E-state index in [0.717, 1.165) is 4.47 Å². The highest BCUT2D eigenvalue weighted by Gasteiger charge is 2.14. The van der Waals surface area contributed by atoms with E-state index in [-0.39, 0.29) is 15.7 Å². The SMILES string of the molecule is O=C(Nc1cc(Br)c(F)cc1F)c1ccc(Br)cc1S. The van der Waals surface area contributed by atoms with Gasteiger partial charge in [0.15, 0.2) is 0 Å². The number of anilines is 1. The number of halogens is 4. The Bertz CT molecular complexity index is 694. The molecule has 0 saturated heterocycles. The molecule has 0 radical (unpaired) electrons. The van der Waals surface area contributed by atoms with Crippen LogP contribution in [0, 0.1) is 11.6 Å². The molecule has 2 aromatic rings. The van der Waals surface area contributed by atoms with Crippen LogP contribution in [-0.2, 0) is 0 Å². The van der Waals surface area contributed by atoms with Gasteiger partial charge in [0, 0.05) is 15.4 Å². The summed E-state index contributed by atoms with van der Waals surface area (Å²) in [5.41, 5.74) is 0.176. The second kappa shape index (κ2) is 6.24. The Morgan fingerprint density at radius 2 is 1.80 bits per heavy atom. The zero-order chi connectivity index (χ0) is 14.9. The van der Waals surface area contributed by atoms with Gasteiger partial charge in [-0.3, -0.25) is 4.79 Å². The lowest BCUT2D eigenvalue weighted by Gasteiger charge is -2.09. The van der Waals surface area contributed by atoms with Crippen LogP contribution < -0.4 is 5.32 Å². The van der Waals surface area contributed by atoms with E-state index in [1.54, 1.807) is 18.2 Å². The van der Waals surface area contributed by atoms with Crippen LogP contribution in [0.4, 0.5) is 14.5 Å². The fraction of sp³-hybridized carbons (Fsp3) is 0. The first kappa shape index (κ1) is 15.5. The lowest BCUT2D eigenvalue weighted by Crippen LogP contribution is -2.14. The molecule has 0 aromatic heterocycles. The molecule has 104 valence electrons. The molecule has 0 fully saturated rings. The van der Waals surface area contributed by atoms with Crippen molar-refractivity contribution in [1.29, 1.82) is 0 Å². The lowest BCUT2D eigenvalue weighted by molar-refractivity contribution is 0.102. The minimum absolute atomic E-state index is 0.0658. The second-order valence-electron chi connectivity index (χ2n) is 3.86. The summed E-state index contributed by atoms with van der Waals surface area (Å²) in [7, 11) is 0. The minimum Gasteiger partial charge on any atom is -0.319 e. The van der Waals surface area contributed by atoms with E-state index in [4.69, 9.17) is 0 Å². The summed E-state index contributed by atoms with van der Waals surface area (Å²) in [6.07, 6.45) is 0. The van der Waals surface area contributed by atoms with Gasteiger partial charge < -0.3 is 5.32 Å². The van der Waals surface area contributed by atoms with Crippen LogP contribution in [0.5, 0.6) is 0 Å². The molecule has 20 heavy (non-hydrogen) atoms. The molecule has 1 N–H and O–H groups in total. The van der Waals surface area contributed by atoms with Gasteiger partial charge in [-0.05, 0) is 40.2 Å². The lowest BCUT2D eigenvalue weighted by atomic mass is 10.2. The Morgan fingerprint density at radius 3 is 2.45 bits per heavy atom. The topological polar surface area (TPSA) is 29.1 Å². The van der Waals surface area contributed by atoms with Gasteiger partial charge in [-0.1, -0.05) is 15.9 Å². The molecule has 2 aromatic carbocycles. The zero-order valence-corrected chi connectivity index (χ0v) is 13.8. The maximum Gasteiger partial charge on any atom is 0.256 e. The van der Waals surface area contributed by atoms with Crippen molar-refractivity contribution in [3.63, 3.8) is 0 Å². The van der Waals surface area contributed by atoms with Gasteiger partial charge in [-0.2, -0.15) is 0 Å². The Hall–Kier alpha value is -0.920. The molecule has 0 unspecified atom stereocenters. The number of hydrogen-bond donors (Lipinski definition) is 2. The van der Waals surface area contributed by atoms with Crippen LogP contribution in [0.1, 0.15) is 10.4 Å². The highest BCUT2D eigenvalue weighted by molar-refractivity contribution is 9.10. The highest BCUT2D eigenvalue weighted by Crippen LogP contribution is 2.25. The van der Waals surface area contributed by atoms with Crippen LogP contribution >= 0.6 is 44.5 Å². The highest BCUT2D eigenvalue weighted by atomic mass is 79.9. The summed E-state index contributed by atoms with van der Waals surface area (Å²) < 4.78 is 27.5. The molecular weight excluding hydrogens is 416 g/mol. The normalized spacial score (nSPS) is 10.4. The predicted octanol–water partition coefficient (Wildman–Crippen LogP) is 5.03. The number of thiol groups is 1. The van der Waals surface area contributed by atoms with E-state index in [9.17, 15) is 13.6 Å². The van der Waals surface area contributed by atoms with Gasteiger partial charge in [-0.25, -0.2) is 8.78 Å². The van der Waals surface area contributed by atoms with Crippen LogP contribution in [0.2, 0.25) is 0 Å². The summed E-state index contributed by atoms with van der Waals surface area (Å²) in [5.74, 6) is -2.11. The fourth-order valence-corrected chi connectivity index (χ4v) is 2.70. The van der Waals surface area contributed by atoms with Crippen LogP contribution in [-0.4, -0.2) is 5.91 Å². The quantitative estimate of drug-likeness (QED) is 0.515. The van der Waals surface area contributed by atoms with E-state index >= 15 is 0 Å². The second-order valence-corrected chi connectivity index (χ2v) is 6.11. The standard InChI is InChI=1S/C13H7Br2F2NOS/c14-6-1-2-7(12(20)3-6)13(19)18-11-4-8(15)9(16)5-10(11)17/h1-5,20H,(H,18,19). The number of carbonyl (C=O) groups is 1. The third-order valence-corrected chi connectivity index (χ3v) is 3.93. The zero-order valence-electron chi connectivity index (χ0n) is 9.75. The Kier molecular flexibility index (Phi) is 4.82. The van der Waals surface area contributed by atoms with Gasteiger partial charge >= 0.3 is 0 Å². The smallest absolute Gasteiger partial charge is 0.256 e. The van der Waals surface area contributed by atoms with E-state index in [0.29, 0.717) is 11.0 Å². The molecule has 0 aliphatic carbocycles. The fourth-order valence-electron chi connectivity index (χ4n) is 1.50. The summed E-state index contributed by atoms with van der Waals surface area (Å²) in [5, 5.41) is 2.38. The Morgan fingerprint density at radius 1 is 1.10 bits per heavy atom. The van der Waals surface area contributed by atoms with Gasteiger partial charge in [0.2, 0.25) is 0 Å². The van der Waals surface area contributed by atoms with Crippen molar-refractivity contribution < 1.29 is 13.6 Å². The number of nitrogens with one attached hydrogen (secondary N) is 1. The summed E-state index contributed by atoms with van der Waals surface area (Å²) in [6, 6.07) is 6.74. The average Bonchev–Trinajstić information content (AvgIpc) is 2.35. The van der Waals surface area contributed by atoms with Crippen molar-refractivity contribution in [3.8, 4) is 0 Å². The molecule has 2 nitrogen and oxygen atoms in total. The van der Waals surface area contributed by atoms with E-state index in [1.807, 2.05) is 0 Å². The number of amides is 1. The van der Waals surface area contributed by atoms with Gasteiger partial charge in [0.05, 0.1) is 15.7 Å². The molecule has 1 amide bonds. The molecule has 0 bridgehead atoms. The molecule has 0 aliphatic heterocycles. The average molecular weight is 423 g/mol. The van der Waals surface area contributed by atoms with Crippen molar-refractivity contribution in [3.05, 3.63) is 56.5 Å². The number of rotatable bonds is 2. The Labute approximate surface area is 136 Å². The summed E-state index contributed by atoms with van der Waals surface area (Å²) >= 11 is 10.4. The molecule has 7 heteroatoms. The monoisotopic (exact) mass is 421 g/mol. The maximum absolute atomic E-state index is 13.6. The first-order valence-electron chi connectivity index (χ1n) is 5.33. The van der Waals surface area contributed by atoms with Crippen LogP contribution in [0.25, 0.3) is 0 Å². The summed E-state index contributed by atoms with van der Waals surface area (Å²) in [4.78, 5) is 12.5. The van der Waals surface area contributed by atoms with E-state index in [1.165, 1.54) is 6.07 Å². The number of benzene rings is 2. The van der Waals surface area contributed by atoms with Crippen LogP contribution in [0.3, 0.4) is 0 Å². The number of carbonyl (C=O) groups excluding carboxylic acids is 1. The van der Waals surface area contributed by atoms with Crippen molar-refractivity contribution in [2.24, 2.45) is 0 Å². The maximum atomic E-state index is 13.6. The first-order chi connectivity index (χ1) is 9.38. The minimum atomic E-state index is -0.850. The molecule has 0 spiro atoms. The summed E-state index contributed by atoms with van der Waals surface area (Å²) in [6.45, 7) is 0. The van der Waals surface area contributed by atoms with Crippen molar-refractivity contribution in [2.75, 3.05) is 5.32 Å². The van der Waals surface area contributed by atoms with Gasteiger partial charge in [-0.15, -0.1) is 12.6 Å². The van der Waals surface area contributed by atoms with Crippen molar-refractivity contribution >= 4 is 56.1 Å². The van der Waals surface area contributed by atoms with Crippen molar-refractivity contribution in [1.82, 2.24) is 0 Å². The number of hydrogen-bond acceptors (Lipinski definition) is 2. The first-order valence-corrected chi connectivity index (χ1v) is 7.36. The molecule has 0 aliphatic rings. The largest absolute Gasteiger partial charge is 0.319 e. The van der Waals surface area contributed by atoms with Crippen LogP contribution in [0.15, 0.2) is 44.2 Å². The Balaban J connectivity index is 2.30. The third kappa shape index (κ3) is 3.39. The van der Waals surface area contributed by atoms with Gasteiger partial charge in [0.1, 0.15) is 11.6 Å². The van der Waals surface area contributed by atoms with E-state index < -0.39 is 17.5 Å².